The third kappa shape index (κ3) is 4.17. The van der Waals surface area contributed by atoms with Crippen molar-refractivity contribution in [1.82, 2.24) is 4.98 Å². The van der Waals surface area contributed by atoms with Gasteiger partial charge in [-0.3, -0.25) is 9.80 Å². The van der Waals surface area contributed by atoms with Crippen LogP contribution in [0.5, 0.6) is 0 Å². The van der Waals surface area contributed by atoms with E-state index in [0.29, 0.717) is 39.7 Å². The molecule has 0 N–H and O–H groups in total. The molecule has 0 unspecified atom stereocenters. The third-order valence-electron chi connectivity index (χ3n) is 4.83. The Morgan fingerprint density at radius 3 is 2.55 bits per heavy atom. The Kier molecular flexibility index (Phi) is 6.01. The number of anilines is 2. The van der Waals surface area contributed by atoms with Gasteiger partial charge in [-0.2, -0.15) is 0 Å². The number of methoxy groups -OCH3 is 1. The maximum Gasteiger partial charge on any atom is 0.358 e. The number of ether oxygens (including phenoxy) is 1. The lowest BCUT2D eigenvalue weighted by Gasteiger charge is -2.34. The van der Waals surface area contributed by atoms with E-state index in [2.05, 4.69) is 20.9 Å². The summed E-state index contributed by atoms with van der Waals surface area (Å²) in [5.41, 5.74) is 1.41. The molecule has 2 aromatic carbocycles. The van der Waals surface area contributed by atoms with Crippen LogP contribution in [-0.2, 0) is 4.74 Å². The van der Waals surface area contributed by atoms with E-state index in [9.17, 15) is 18.4 Å². The van der Waals surface area contributed by atoms with Crippen molar-refractivity contribution in [2.24, 2.45) is 0 Å². The minimum Gasteiger partial charge on any atom is -0.464 e. The molecule has 1 saturated heterocycles. The molecule has 0 saturated carbocycles. The van der Waals surface area contributed by atoms with Gasteiger partial charge >= 0.3 is 12.0 Å². The molecule has 0 aliphatic carbocycles. The number of hydrogen-bond acceptors (Lipinski definition) is 5. The monoisotopic (exact) mass is 507 g/mol. The number of aromatic nitrogens is 1. The number of thiazole rings is 1. The van der Waals surface area contributed by atoms with Crippen LogP contribution in [0.4, 0.5) is 24.4 Å². The minimum atomic E-state index is -0.587. The van der Waals surface area contributed by atoms with Gasteiger partial charge in [0.05, 0.1) is 7.11 Å². The molecule has 3 aromatic rings. The molecule has 31 heavy (non-hydrogen) atoms. The lowest BCUT2D eigenvalue weighted by molar-refractivity contribution is 0.0594. The van der Waals surface area contributed by atoms with Crippen LogP contribution < -0.4 is 9.80 Å². The van der Waals surface area contributed by atoms with Crippen molar-refractivity contribution < 1.29 is 23.1 Å². The largest absolute Gasteiger partial charge is 0.464 e. The first kappa shape index (κ1) is 21.4. The highest BCUT2D eigenvalue weighted by atomic mass is 79.9. The number of urea groups is 1. The van der Waals surface area contributed by atoms with Gasteiger partial charge in [-0.25, -0.2) is 23.4 Å². The summed E-state index contributed by atoms with van der Waals surface area (Å²) in [6.45, 7) is 0.960. The van der Waals surface area contributed by atoms with Crippen LogP contribution in [0.3, 0.4) is 0 Å². The van der Waals surface area contributed by atoms with Crippen LogP contribution >= 0.6 is 27.3 Å². The Labute approximate surface area is 189 Å². The molecule has 6 nitrogen and oxygen atoms in total. The van der Waals surface area contributed by atoms with Crippen LogP contribution in [0.1, 0.15) is 16.9 Å². The first-order valence-electron chi connectivity index (χ1n) is 9.28. The van der Waals surface area contributed by atoms with Gasteiger partial charge in [0, 0.05) is 24.3 Å². The Hall–Kier alpha value is -2.85. The quantitative estimate of drug-likeness (QED) is 0.439. The van der Waals surface area contributed by atoms with E-state index in [0.717, 1.165) is 18.2 Å². The zero-order valence-electron chi connectivity index (χ0n) is 16.3. The zero-order valence-corrected chi connectivity index (χ0v) is 18.7. The molecule has 160 valence electrons. The number of rotatable bonds is 4. The van der Waals surface area contributed by atoms with E-state index in [-0.39, 0.29) is 17.3 Å². The number of amides is 2. The second-order valence-electron chi connectivity index (χ2n) is 6.72. The fraction of sp³-hybridized carbons (Fsp3) is 0.190. The van der Waals surface area contributed by atoms with Crippen LogP contribution in [0, 0.1) is 11.6 Å². The minimum absolute atomic E-state index is 0.119. The number of carbonyl (C=O) groups excluding carboxylic acids is 2. The molecular formula is C21H16BrF2N3O3S. The molecule has 0 spiro atoms. The van der Waals surface area contributed by atoms with E-state index < -0.39 is 17.6 Å². The number of hydrogen-bond donors (Lipinski definition) is 0. The van der Waals surface area contributed by atoms with Gasteiger partial charge in [-0.05, 0) is 58.2 Å². The van der Waals surface area contributed by atoms with Gasteiger partial charge in [0.2, 0.25) is 0 Å². The molecule has 1 aromatic heterocycles. The summed E-state index contributed by atoms with van der Waals surface area (Å²) in [5.74, 6) is -1.63. The highest BCUT2D eigenvalue weighted by Crippen LogP contribution is 2.34. The Morgan fingerprint density at radius 1 is 1.13 bits per heavy atom. The molecule has 1 aliphatic rings. The highest BCUT2D eigenvalue weighted by Gasteiger charge is 2.31. The summed E-state index contributed by atoms with van der Waals surface area (Å²) >= 11 is 4.47. The SMILES string of the molecule is COC(=O)c1nc(N2CCCN(c3ccc(-c4cc(F)ccc4F)cc3)C2=O)sc1Br. The number of carbonyl (C=O) groups is 2. The lowest BCUT2D eigenvalue weighted by atomic mass is 10.0. The molecule has 10 heteroatoms. The highest BCUT2D eigenvalue weighted by molar-refractivity contribution is 9.11. The molecule has 2 amide bonds. The van der Waals surface area contributed by atoms with Gasteiger partial charge in [0.15, 0.2) is 10.8 Å². The fourth-order valence-electron chi connectivity index (χ4n) is 3.31. The summed E-state index contributed by atoms with van der Waals surface area (Å²) in [5, 5.41) is 0.389. The second-order valence-corrected chi connectivity index (χ2v) is 9.02. The predicted molar refractivity (Wildman–Crippen MR) is 118 cm³/mol. The van der Waals surface area contributed by atoms with Crippen LogP contribution in [0.15, 0.2) is 46.3 Å². The molecule has 0 atom stereocenters. The first-order chi connectivity index (χ1) is 14.9. The van der Waals surface area contributed by atoms with Crippen molar-refractivity contribution in [2.75, 3.05) is 30.0 Å². The maximum atomic E-state index is 14.0. The number of nitrogens with zero attached hydrogens (tertiary/aromatic N) is 3. The molecule has 0 radical (unpaired) electrons. The first-order valence-corrected chi connectivity index (χ1v) is 10.9. The van der Waals surface area contributed by atoms with Crippen LogP contribution in [0.2, 0.25) is 0 Å². The average molecular weight is 508 g/mol. The normalized spacial score (nSPS) is 14.1. The number of benzene rings is 2. The van der Waals surface area contributed by atoms with Gasteiger partial charge in [-0.15, -0.1) is 0 Å². The van der Waals surface area contributed by atoms with Crippen LogP contribution in [0.25, 0.3) is 11.1 Å². The topological polar surface area (TPSA) is 62.7 Å². The van der Waals surface area contributed by atoms with Crippen molar-refractivity contribution in [3.05, 3.63) is 63.6 Å². The Morgan fingerprint density at radius 2 is 1.84 bits per heavy atom. The maximum absolute atomic E-state index is 14.0. The van der Waals surface area contributed by atoms with E-state index in [1.807, 2.05) is 0 Å². The number of esters is 1. The standard InChI is InChI=1S/C21H16BrF2N3O3S/c1-30-19(28)17-18(22)31-20(25-17)27-10-2-9-26(21(27)29)14-6-3-12(4-7-14)15-11-13(23)5-8-16(15)24/h3-8,11H,2,9-10H2,1H3. The summed E-state index contributed by atoms with van der Waals surface area (Å²) in [6.07, 6.45) is 0.691. The summed E-state index contributed by atoms with van der Waals surface area (Å²) in [7, 11) is 1.26. The second kappa shape index (κ2) is 8.72. The van der Waals surface area contributed by atoms with E-state index >= 15 is 0 Å². The van der Waals surface area contributed by atoms with Crippen molar-refractivity contribution in [3.8, 4) is 11.1 Å². The fourth-order valence-corrected chi connectivity index (χ4v) is 4.80. The van der Waals surface area contributed by atoms with Crippen molar-refractivity contribution in [3.63, 3.8) is 0 Å². The van der Waals surface area contributed by atoms with Crippen molar-refractivity contribution in [2.45, 2.75) is 6.42 Å². The van der Waals surface area contributed by atoms with E-state index in [4.69, 9.17) is 4.74 Å². The number of halogens is 3. The summed E-state index contributed by atoms with van der Waals surface area (Å²) < 4.78 is 32.7. The van der Waals surface area contributed by atoms with Gasteiger partial charge in [0.25, 0.3) is 0 Å². The van der Waals surface area contributed by atoms with Gasteiger partial charge < -0.3 is 4.74 Å². The van der Waals surface area contributed by atoms with Crippen LogP contribution in [-0.4, -0.2) is 37.2 Å². The Bertz CT molecular complexity index is 1150. The summed E-state index contributed by atoms with van der Waals surface area (Å²) in [6, 6.07) is 9.68. The predicted octanol–water partition coefficient (Wildman–Crippen LogP) is 5.47. The molecule has 4 rings (SSSR count). The molecule has 1 fully saturated rings. The smallest absolute Gasteiger partial charge is 0.358 e. The average Bonchev–Trinajstić information content (AvgIpc) is 3.16. The van der Waals surface area contributed by atoms with E-state index in [1.54, 1.807) is 29.2 Å². The Balaban J connectivity index is 1.58. The van der Waals surface area contributed by atoms with Gasteiger partial charge in [-0.1, -0.05) is 23.5 Å². The molecule has 0 bridgehead atoms. The molecule has 1 aliphatic heterocycles. The summed E-state index contributed by atoms with van der Waals surface area (Å²) in [4.78, 5) is 32.3. The van der Waals surface area contributed by atoms with E-state index in [1.165, 1.54) is 23.3 Å². The molecule has 2 heterocycles. The lowest BCUT2D eigenvalue weighted by Crippen LogP contribution is -2.49. The van der Waals surface area contributed by atoms with Gasteiger partial charge in [0.1, 0.15) is 15.4 Å². The van der Waals surface area contributed by atoms with Crippen molar-refractivity contribution in [1.29, 1.82) is 0 Å². The third-order valence-corrected chi connectivity index (χ3v) is 6.56. The van der Waals surface area contributed by atoms with Crippen molar-refractivity contribution >= 4 is 50.1 Å². The molecular weight excluding hydrogens is 492 g/mol. The zero-order chi connectivity index (χ0) is 22.1.